The van der Waals surface area contributed by atoms with E-state index < -0.39 is 0 Å². The Labute approximate surface area is 195 Å². The standard InChI is InChI=1S/C22H31N5O2.HI/c1-4-23-21(24-10-5-11-27-17(3)12-16(2)26-27)25-14-22(8-9-22)18-6-7-19-20(13-18)29-15-28-19;/h6-7,12-13H,4-5,8-11,14-15H2,1-3H3,(H2,23,24,25);1H. The Bertz CT molecular complexity index is 892. The molecule has 1 aliphatic heterocycles. The number of nitrogens with one attached hydrogen (secondary N) is 2. The molecule has 0 spiro atoms. The van der Waals surface area contributed by atoms with E-state index in [1.165, 1.54) is 11.3 Å². The maximum atomic E-state index is 5.55. The molecule has 30 heavy (non-hydrogen) atoms. The van der Waals surface area contributed by atoms with Gasteiger partial charge < -0.3 is 20.1 Å². The van der Waals surface area contributed by atoms with Gasteiger partial charge in [0.15, 0.2) is 17.5 Å². The Balaban J connectivity index is 0.00000256. The highest BCUT2D eigenvalue weighted by molar-refractivity contribution is 14.0. The van der Waals surface area contributed by atoms with Crippen molar-refractivity contribution in [2.45, 2.75) is 52.0 Å². The van der Waals surface area contributed by atoms with E-state index in [-0.39, 0.29) is 29.4 Å². The van der Waals surface area contributed by atoms with Crippen molar-refractivity contribution in [1.82, 2.24) is 20.4 Å². The third-order valence-electron chi connectivity index (χ3n) is 5.67. The van der Waals surface area contributed by atoms with Crippen LogP contribution < -0.4 is 20.1 Å². The molecule has 2 heterocycles. The molecule has 0 radical (unpaired) electrons. The number of hydrogen-bond acceptors (Lipinski definition) is 4. The van der Waals surface area contributed by atoms with E-state index >= 15 is 0 Å². The number of aryl methyl sites for hydroxylation is 3. The van der Waals surface area contributed by atoms with E-state index in [0.29, 0.717) is 6.79 Å². The minimum atomic E-state index is 0. The van der Waals surface area contributed by atoms with Gasteiger partial charge in [-0.15, -0.1) is 24.0 Å². The van der Waals surface area contributed by atoms with Crippen LogP contribution in [-0.2, 0) is 12.0 Å². The SMILES string of the molecule is CCNC(=NCC1(c2ccc3c(c2)OCO3)CC1)NCCCn1nc(C)cc1C.I. The number of rotatable bonds is 8. The summed E-state index contributed by atoms with van der Waals surface area (Å²) in [5.41, 5.74) is 3.71. The fourth-order valence-electron chi connectivity index (χ4n) is 3.82. The van der Waals surface area contributed by atoms with Crippen LogP contribution in [0.4, 0.5) is 0 Å². The van der Waals surface area contributed by atoms with Crippen molar-refractivity contribution < 1.29 is 9.47 Å². The lowest BCUT2D eigenvalue weighted by molar-refractivity contribution is 0.174. The first-order valence-corrected chi connectivity index (χ1v) is 10.5. The molecule has 0 unspecified atom stereocenters. The summed E-state index contributed by atoms with van der Waals surface area (Å²) < 4.78 is 13.1. The third kappa shape index (κ3) is 5.19. The van der Waals surface area contributed by atoms with E-state index in [9.17, 15) is 0 Å². The van der Waals surface area contributed by atoms with Crippen molar-refractivity contribution in [2.24, 2.45) is 4.99 Å². The Kier molecular flexibility index (Phi) is 7.49. The van der Waals surface area contributed by atoms with Gasteiger partial charge in [0.05, 0.1) is 12.2 Å². The van der Waals surface area contributed by atoms with Gasteiger partial charge in [-0.2, -0.15) is 5.10 Å². The normalized spacial score (nSPS) is 16.2. The van der Waals surface area contributed by atoms with Crippen molar-refractivity contribution in [3.8, 4) is 11.5 Å². The van der Waals surface area contributed by atoms with Crippen molar-refractivity contribution in [2.75, 3.05) is 26.4 Å². The predicted octanol–water partition coefficient (Wildman–Crippen LogP) is 3.52. The van der Waals surface area contributed by atoms with Gasteiger partial charge in [-0.1, -0.05) is 6.07 Å². The molecule has 1 saturated carbocycles. The van der Waals surface area contributed by atoms with Gasteiger partial charge >= 0.3 is 0 Å². The van der Waals surface area contributed by atoms with Crippen LogP contribution in [0.15, 0.2) is 29.3 Å². The second-order valence-electron chi connectivity index (χ2n) is 7.97. The molecule has 0 saturated heterocycles. The van der Waals surface area contributed by atoms with E-state index in [0.717, 1.165) is 68.6 Å². The molecule has 1 aromatic heterocycles. The summed E-state index contributed by atoms with van der Waals surface area (Å²) >= 11 is 0. The van der Waals surface area contributed by atoms with Crippen LogP contribution in [0.2, 0.25) is 0 Å². The Morgan fingerprint density at radius 1 is 1.17 bits per heavy atom. The molecule has 4 rings (SSSR count). The lowest BCUT2D eigenvalue weighted by Gasteiger charge is -2.16. The van der Waals surface area contributed by atoms with Crippen LogP contribution in [0.25, 0.3) is 0 Å². The summed E-state index contributed by atoms with van der Waals surface area (Å²) in [5, 5.41) is 11.3. The molecule has 2 N–H and O–H groups in total. The van der Waals surface area contributed by atoms with Crippen molar-refractivity contribution in [3.63, 3.8) is 0 Å². The lowest BCUT2D eigenvalue weighted by Crippen LogP contribution is -2.38. The van der Waals surface area contributed by atoms with Gasteiger partial charge in [0.1, 0.15) is 0 Å². The van der Waals surface area contributed by atoms with E-state index in [4.69, 9.17) is 14.5 Å². The maximum Gasteiger partial charge on any atom is 0.231 e. The average Bonchev–Trinajstić information content (AvgIpc) is 3.23. The summed E-state index contributed by atoms with van der Waals surface area (Å²) in [6.07, 6.45) is 3.32. The van der Waals surface area contributed by atoms with Crippen molar-refractivity contribution in [1.29, 1.82) is 0 Å². The number of nitrogens with zero attached hydrogens (tertiary/aromatic N) is 3. The van der Waals surface area contributed by atoms with Crippen LogP contribution >= 0.6 is 24.0 Å². The zero-order chi connectivity index (χ0) is 20.3. The molecule has 164 valence electrons. The Morgan fingerprint density at radius 2 is 1.97 bits per heavy atom. The van der Waals surface area contributed by atoms with Gasteiger partial charge in [-0.05, 0) is 63.8 Å². The molecule has 8 heteroatoms. The first-order valence-electron chi connectivity index (χ1n) is 10.5. The zero-order valence-electron chi connectivity index (χ0n) is 18.0. The Hall–Kier alpha value is -1.97. The zero-order valence-corrected chi connectivity index (χ0v) is 20.4. The highest BCUT2D eigenvalue weighted by Gasteiger charge is 2.44. The summed E-state index contributed by atoms with van der Waals surface area (Å²) in [6.45, 7) is 9.94. The molecule has 2 aromatic rings. The van der Waals surface area contributed by atoms with Crippen LogP contribution in [0.1, 0.15) is 43.1 Å². The maximum absolute atomic E-state index is 5.55. The smallest absolute Gasteiger partial charge is 0.231 e. The van der Waals surface area contributed by atoms with Gasteiger partial charge in [0, 0.05) is 30.7 Å². The number of hydrogen-bond donors (Lipinski definition) is 2. The van der Waals surface area contributed by atoms with E-state index in [1.807, 2.05) is 13.0 Å². The minimum Gasteiger partial charge on any atom is -0.454 e. The number of guanidine groups is 1. The van der Waals surface area contributed by atoms with Gasteiger partial charge in [0.2, 0.25) is 6.79 Å². The van der Waals surface area contributed by atoms with E-state index in [2.05, 4.69) is 52.5 Å². The average molecular weight is 525 g/mol. The van der Waals surface area contributed by atoms with Crippen molar-refractivity contribution >= 4 is 29.9 Å². The van der Waals surface area contributed by atoms with Crippen molar-refractivity contribution in [3.05, 3.63) is 41.2 Å². The number of benzene rings is 1. The first kappa shape index (κ1) is 22.7. The summed E-state index contributed by atoms with van der Waals surface area (Å²) in [6, 6.07) is 8.42. The molecule has 0 bridgehead atoms. The minimum absolute atomic E-state index is 0. The molecule has 1 aromatic carbocycles. The number of aliphatic imine (C=N–C) groups is 1. The summed E-state index contributed by atoms with van der Waals surface area (Å²) in [5.74, 6) is 2.57. The topological polar surface area (TPSA) is 72.7 Å². The largest absolute Gasteiger partial charge is 0.454 e. The number of aromatic nitrogens is 2. The van der Waals surface area contributed by atoms with E-state index in [1.54, 1.807) is 0 Å². The third-order valence-corrected chi connectivity index (χ3v) is 5.67. The first-order chi connectivity index (χ1) is 14.1. The number of ether oxygens (including phenoxy) is 2. The fraction of sp³-hybridized carbons (Fsp3) is 0.545. The molecule has 2 aliphatic rings. The van der Waals surface area contributed by atoms with Crippen LogP contribution in [0.5, 0.6) is 11.5 Å². The second-order valence-corrected chi connectivity index (χ2v) is 7.97. The quantitative estimate of drug-likeness (QED) is 0.239. The highest BCUT2D eigenvalue weighted by Crippen LogP contribution is 2.50. The predicted molar refractivity (Wildman–Crippen MR) is 129 cm³/mol. The molecular formula is C22H32IN5O2. The number of halogens is 1. The van der Waals surface area contributed by atoms with Crippen LogP contribution in [-0.4, -0.2) is 42.2 Å². The monoisotopic (exact) mass is 525 g/mol. The fourth-order valence-corrected chi connectivity index (χ4v) is 3.82. The lowest BCUT2D eigenvalue weighted by atomic mass is 9.96. The number of fused-ring (bicyclic) bond motifs is 1. The summed E-state index contributed by atoms with van der Waals surface area (Å²) in [4.78, 5) is 4.88. The van der Waals surface area contributed by atoms with Gasteiger partial charge in [0.25, 0.3) is 0 Å². The van der Waals surface area contributed by atoms with Gasteiger partial charge in [-0.25, -0.2) is 0 Å². The van der Waals surface area contributed by atoms with Crippen LogP contribution in [0.3, 0.4) is 0 Å². The second kappa shape index (κ2) is 9.89. The van der Waals surface area contributed by atoms with Gasteiger partial charge in [-0.3, -0.25) is 9.67 Å². The summed E-state index contributed by atoms with van der Waals surface area (Å²) in [7, 11) is 0. The molecule has 7 nitrogen and oxygen atoms in total. The molecule has 0 atom stereocenters. The molecular weight excluding hydrogens is 493 g/mol. The molecule has 1 aliphatic carbocycles. The molecule has 0 amide bonds. The molecule has 1 fully saturated rings. The van der Waals surface area contributed by atoms with Crippen LogP contribution in [0, 0.1) is 13.8 Å². The Morgan fingerprint density at radius 3 is 2.67 bits per heavy atom. The highest BCUT2D eigenvalue weighted by atomic mass is 127.